The molecule has 5 nitrogen and oxygen atoms in total. The number of carbonyl (C=O) groups excluding carboxylic acids is 1. The summed E-state index contributed by atoms with van der Waals surface area (Å²) >= 11 is 3.09. The third kappa shape index (κ3) is 5.00. The van der Waals surface area contributed by atoms with E-state index in [0.29, 0.717) is 12.3 Å². The first-order chi connectivity index (χ1) is 13.1. The molecule has 7 heteroatoms. The third-order valence-electron chi connectivity index (χ3n) is 4.21. The number of fused-ring (bicyclic) bond motifs is 1. The molecule has 1 aromatic heterocycles. The van der Waals surface area contributed by atoms with Crippen LogP contribution >= 0.6 is 23.1 Å². The summed E-state index contributed by atoms with van der Waals surface area (Å²) in [6.45, 7) is 0.520. The van der Waals surface area contributed by atoms with Gasteiger partial charge in [-0.25, -0.2) is 4.98 Å². The van der Waals surface area contributed by atoms with Crippen LogP contribution in [0.15, 0.2) is 52.9 Å². The van der Waals surface area contributed by atoms with Gasteiger partial charge in [0, 0.05) is 12.1 Å². The molecule has 0 saturated heterocycles. The summed E-state index contributed by atoms with van der Waals surface area (Å²) in [5.74, 6) is 1.18. The van der Waals surface area contributed by atoms with Crippen molar-refractivity contribution in [3.63, 3.8) is 0 Å². The number of carbonyl (C=O) groups is 1. The highest BCUT2D eigenvalue weighted by atomic mass is 32.2. The molecule has 0 aliphatic carbocycles. The molecule has 1 atom stereocenters. The minimum absolute atomic E-state index is 0.000930. The number of aromatic nitrogens is 1. The van der Waals surface area contributed by atoms with E-state index >= 15 is 0 Å². The fourth-order valence-corrected chi connectivity index (χ4v) is 4.71. The van der Waals surface area contributed by atoms with Crippen molar-refractivity contribution in [1.82, 2.24) is 15.2 Å². The lowest BCUT2D eigenvalue weighted by molar-refractivity contribution is -0.118. The quantitative estimate of drug-likeness (QED) is 0.582. The molecule has 0 fully saturated rings. The largest absolute Gasteiger partial charge is 0.496 e. The second kappa shape index (κ2) is 9.21. The van der Waals surface area contributed by atoms with E-state index in [1.807, 2.05) is 62.6 Å². The van der Waals surface area contributed by atoms with Crippen LogP contribution in [-0.2, 0) is 4.79 Å². The minimum atomic E-state index is 0.000930. The second-order valence-corrected chi connectivity index (χ2v) is 8.51. The summed E-state index contributed by atoms with van der Waals surface area (Å²) in [4.78, 5) is 19.0. The van der Waals surface area contributed by atoms with Crippen LogP contribution < -0.4 is 10.1 Å². The standard InChI is InChI=1S/C20H23N3O2S2/c1-23(2)16(14-8-4-6-10-17(14)25-3)12-21-19(24)13-26-20-22-15-9-5-7-11-18(15)27-20/h4-11,16H,12-13H2,1-3H3,(H,21,24). The number of amides is 1. The van der Waals surface area contributed by atoms with Gasteiger partial charge in [0.15, 0.2) is 4.34 Å². The molecule has 0 saturated carbocycles. The number of likely N-dealkylation sites (N-methyl/N-ethyl adjacent to an activating group) is 1. The van der Waals surface area contributed by atoms with Gasteiger partial charge in [0.25, 0.3) is 0 Å². The molecule has 0 bridgehead atoms. The molecule has 3 aromatic rings. The fraction of sp³-hybridized carbons (Fsp3) is 0.300. The Labute approximate surface area is 167 Å². The highest BCUT2D eigenvalue weighted by Crippen LogP contribution is 2.29. The van der Waals surface area contributed by atoms with E-state index in [9.17, 15) is 4.79 Å². The first kappa shape index (κ1) is 19.7. The highest BCUT2D eigenvalue weighted by molar-refractivity contribution is 8.01. The third-order valence-corrected chi connectivity index (χ3v) is 6.39. The lowest BCUT2D eigenvalue weighted by atomic mass is 10.0. The van der Waals surface area contributed by atoms with Gasteiger partial charge in [-0.3, -0.25) is 4.79 Å². The van der Waals surface area contributed by atoms with E-state index in [-0.39, 0.29) is 11.9 Å². The molecule has 0 aliphatic heterocycles. The van der Waals surface area contributed by atoms with Crippen LogP contribution in [-0.4, -0.2) is 49.3 Å². The van der Waals surface area contributed by atoms with Crippen molar-refractivity contribution in [2.75, 3.05) is 33.5 Å². The van der Waals surface area contributed by atoms with E-state index in [4.69, 9.17) is 4.74 Å². The molecular formula is C20H23N3O2S2. The number of hydrogen-bond acceptors (Lipinski definition) is 6. The Balaban J connectivity index is 1.57. The Morgan fingerprint density at radius 1 is 1.22 bits per heavy atom. The van der Waals surface area contributed by atoms with Gasteiger partial charge in [-0.2, -0.15) is 0 Å². The second-order valence-electron chi connectivity index (χ2n) is 6.26. The van der Waals surface area contributed by atoms with E-state index < -0.39 is 0 Å². The molecular weight excluding hydrogens is 378 g/mol. The van der Waals surface area contributed by atoms with Crippen LogP contribution in [0.4, 0.5) is 0 Å². The summed E-state index contributed by atoms with van der Waals surface area (Å²) < 4.78 is 7.53. The van der Waals surface area contributed by atoms with E-state index in [1.54, 1.807) is 18.4 Å². The average molecular weight is 402 g/mol. The number of rotatable bonds is 8. The van der Waals surface area contributed by atoms with Crippen LogP contribution in [0.1, 0.15) is 11.6 Å². The number of thioether (sulfide) groups is 1. The molecule has 1 heterocycles. The van der Waals surface area contributed by atoms with Crippen LogP contribution in [0.5, 0.6) is 5.75 Å². The molecule has 1 unspecified atom stereocenters. The average Bonchev–Trinajstić information content (AvgIpc) is 3.09. The monoisotopic (exact) mass is 401 g/mol. The summed E-state index contributed by atoms with van der Waals surface area (Å²) in [6, 6.07) is 16.0. The lowest BCUT2D eigenvalue weighted by Gasteiger charge is -2.26. The van der Waals surface area contributed by atoms with Crippen molar-refractivity contribution in [3.05, 3.63) is 54.1 Å². The SMILES string of the molecule is COc1ccccc1C(CNC(=O)CSc1nc2ccccc2s1)N(C)C. The van der Waals surface area contributed by atoms with Crippen molar-refractivity contribution in [3.8, 4) is 5.75 Å². The van der Waals surface area contributed by atoms with Crippen molar-refractivity contribution in [2.24, 2.45) is 0 Å². The minimum Gasteiger partial charge on any atom is -0.496 e. The van der Waals surface area contributed by atoms with Crippen LogP contribution in [0, 0.1) is 0 Å². The van der Waals surface area contributed by atoms with Crippen molar-refractivity contribution < 1.29 is 9.53 Å². The van der Waals surface area contributed by atoms with E-state index in [1.165, 1.54) is 11.8 Å². The number of hydrogen-bond donors (Lipinski definition) is 1. The van der Waals surface area contributed by atoms with Crippen LogP contribution in [0.3, 0.4) is 0 Å². The molecule has 2 aromatic carbocycles. The molecule has 1 N–H and O–H groups in total. The Morgan fingerprint density at radius 2 is 1.96 bits per heavy atom. The number of nitrogens with one attached hydrogen (secondary N) is 1. The van der Waals surface area contributed by atoms with E-state index in [2.05, 4.69) is 15.2 Å². The molecule has 142 valence electrons. The molecule has 0 spiro atoms. The van der Waals surface area contributed by atoms with Gasteiger partial charge in [-0.15, -0.1) is 11.3 Å². The van der Waals surface area contributed by atoms with Gasteiger partial charge in [-0.1, -0.05) is 42.1 Å². The fourth-order valence-electron chi connectivity index (χ4n) is 2.81. The van der Waals surface area contributed by atoms with Gasteiger partial charge in [0.05, 0.1) is 29.1 Å². The summed E-state index contributed by atoms with van der Waals surface area (Å²) in [5.41, 5.74) is 2.04. The lowest BCUT2D eigenvalue weighted by Crippen LogP contribution is -2.35. The Morgan fingerprint density at radius 3 is 2.70 bits per heavy atom. The maximum Gasteiger partial charge on any atom is 0.230 e. The molecule has 3 rings (SSSR count). The number of methoxy groups -OCH3 is 1. The van der Waals surface area contributed by atoms with Gasteiger partial charge < -0.3 is 15.0 Å². The summed E-state index contributed by atoms with van der Waals surface area (Å²) in [5, 5.41) is 3.04. The van der Waals surface area contributed by atoms with Crippen molar-refractivity contribution in [2.45, 2.75) is 10.4 Å². The van der Waals surface area contributed by atoms with Crippen molar-refractivity contribution in [1.29, 1.82) is 0 Å². The molecule has 27 heavy (non-hydrogen) atoms. The topological polar surface area (TPSA) is 54.5 Å². The Hall–Kier alpha value is -2.09. The number of ether oxygens (including phenoxy) is 1. The predicted octanol–water partition coefficient (Wildman–Crippen LogP) is 3.82. The zero-order valence-electron chi connectivity index (χ0n) is 15.6. The zero-order valence-corrected chi connectivity index (χ0v) is 17.3. The number of nitrogens with zero attached hydrogens (tertiary/aromatic N) is 2. The predicted molar refractivity (Wildman–Crippen MR) is 113 cm³/mol. The number of thiazole rings is 1. The van der Waals surface area contributed by atoms with Gasteiger partial charge >= 0.3 is 0 Å². The Kier molecular flexibility index (Phi) is 6.71. The highest BCUT2D eigenvalue weighted by Gasteiger charge is 2.19. The maximum absolute atomic E-state index is 12.3. The first-order valence-corrected chi connectivity index (χ1v) is 10.4. The summed E-state index contributed by atoms with van der Waals surface area (Å²) in [6.07, 6.45) is 0. The smallest absolute Gasteiger partial charge is 0.230 e. The Bertz CT molecular complexity index is 878. The molecule has 0 aliphatic rings. The molecule has 0 radical (unpaired) electrons. The normalized spacial score (nSPS) is 12.3. The van der Waals surface area contributed by atoms with Crippen molar-refractivity contribution >= 4 is 39.2 Å². The summed E-state index contributed by atoms with van der Waals surface area (Å²) in [7, 11) is 5.66. The van der Waals surface area contributed by atoms with Gasteiger partial charge in [-0.05, 0) is 32.3 Å². The zero-order chi connectivity index (χ0) is 19.2. The number of para-hydroxylation sites is 2. The first-order valence-electron chi connectivity index (χ1n) is 8.63. The van der Waals surface area contributed by atoms with Gasteiger partial charge in [0.2, 0.25) is 5.91 Å². The van der Waals surface area contributed by atoms with Crippen LogP contribution in [0.25, 0.3) is 10.2 Å². The van der Waals surface area contributed by atoms with E-state index in [0.717, 1.165) is 25.9 Å². The maximum atomic E-state index is 12.3. The van der Waals surface area contributed by atoms with Crippen LogP contribution in [0.2, 0.25) is 0 Å². The van der Waals surface area contributed by atoms with Gasteiger partial charge in [0.1, 0.15) is 5.75 Å². The molecule has 1 amide bonds. The number of benzene rings is 2.